The molecule has 3 aromatic rings. The van der Waals surface area contributed by atoms with Crippen LogP contribution in [-0.2, 0) is 30.0 Å². The fourth-order valence-corrected chi connectivity index (χ4v) is 4.59. The summed E-state index contributed by atoms with van der Waals surface area (Å²) >= 11 is 0. The van der Waals surface area contributed by atoms with E-state index in [2.05, 4.69) is 15.2 Å². The van der Waals surface area contributed by atoms with E-state index in [-0.39, 0.29) is 5.75 Å². The van der Waals surface area contributed by atoms with Gasteiger partial charge in [0.25, 0.3) is 0 Å². The van der Waals surface area contributed by atoms with Crippen molar-refractivity contribution in [1.29, 1.82) is 0 Å². The van der Waals surface area contributed by atoms with Crippen molar-refractivity contribution in [3.05, 3.63) is 54.0 Å². The van der Waals surface area contributed by atoms with Crippen molar-refractivity contribution in [3.63, 3.8) is 0 Å². The van der Waals surface area contributed by atoms with Crippen LogP contribution in [0.25, 0.3) is 11.3 Å². The van der Waals surface area contributed by atoms with Crippen molar-refractivity contribution < 1.29 is 12.9 Å². The molecule has 8 heteroatoms. The predicted octanol–water partition coefficient (Wildman–Crippen LogP) is 1.86. The van der Waals surface area contributed by atoms with Crippen LogP contribution in [0.15, 0.2) is 52.1 Å². The third-order valence-corrected chi connectivity index (χ3v) is 6.11. The fourth-order valence-electron chi connectivity index (χ4n) is 3.05. The molecule has 0 unspecified atom stereocenters. The van der Waals surface area contributed by atoms with Gasteiger partial charge in [0.1, 0.15) is 5.69 Å². The summed E-state index contributed by atoms with van der Waals surface area (Å²) < 4.78 is 32.0. The lowest BCUT2D eigenvalue weighted by Gasteiger charge is -2.17. The van der Waals surface area contributed by atoms with Gasteiger partial charge >= 0.3 is 0 Å². The highest BCUT2D eigenvalue weighted by Gasteiger charge is 2.25. The molecule has 0 bridgehead atoms. The van der Waals surface area contributed by atoms with E-state index in [4.69, 9.17) is 4.52 Å². The van der Waals surface area contributed by atoms with Gasteiger partial charge in [-0.2, -0.15) is 5.10 Å². The molecule has 0 fully saturated rings. The summed E-state index contributed by atoms with van der Waals surface area (Å²) in [7, 11) is -1.39. The normalized spacial score (nSPS) is 17.2. The molecule has 1 aromatic carbocycles. The fraction of sp³-hybridized carbons (Fsp3) is 0.294. The Bertz CT molecular complexity index is 1010. The quantitative estimate of drug-likeness (QED) is 0.711. The summed E-state index contributed by atoms with van der Waals surface area (Å²) in [6, 6.07) is 9.06. The second kappa shape index (κ2) is 6.12. The van der Waals surface area contributed by atoms with Crippen molar-refractivity contribution in [1.82, 2.24) is 19.8 Å². The van der Waals surface area contributed by atoms with E-state index in [1.807, 2.05) is 31.4 Å². The Balaban J connectivity index is 1.55. The number of rotatable bonds is 3. The van der Waals surface area contributed by atoms with Crippen molar-refractivity contribution in [2.45, 2.75) is 18.0 Å². The second-order valence-electron chi connectivity index (χ2n) is 6.22. The molecule has 1 aliphatic heterocycles. The molecule has 0 saturated heterocycles. The molecule has 7 nitrogen and oxygen atoms in total. The first-order valence-corrected chi connectivity index (χ1v) is 9.64. The zero-order chi connectivity index (χ0) is 17.4. The average Bonchev–Trinajstić information content (AvgIpc) is 3.19. The van der Waals surface area contributed by atoms with Gasteiger partial charge in [-0.3, -0.25) is 9.58 Å². The van der Waals surface area contributed by atoms with Gasteiger partial charge in [0, 0.05) is 38.0 Å². The number of sulfone groups is 1. The van der Waals surface area contributed by atoms with Gasteiger partial charge in [0.05, 0.1) is 23.4 Å². The first kappa shape index (κ1) is 16.0. The standard InChI is InChI=1S/C17H18N4O3S/c1-20-10-14(9-18-20)16-8-15(24-19-16)12-21-6-7-25(22,23)17-5-3-2-4-13(17)11-21/h2-5,8-10H,6-7,11-12H2,1H3. The summed E-state index contributed by atoms with van der Waals surface area (Å²) in [6.45, 7) is 1.54. The average molecular weight is 358 g/mol. The number of hydrogen-bond acceptors (Lipinski definition) is 6. The second-order valence-corrected chi connectivity index (χ2v) is 8.30. The van der Waals surface area contributed by atoms with Gasteiger partial charge in [-0.1, -0.05) is 23.4 Å². The SMILES string of the molecule is Cn1cc(-c2cc(CN3CCS(=O)(=O)c4ccccc4C3)on2)cn1. The summed E-state index contributed by atoms with van der Waals surface area (Å²) in [6.07, 6.45) is 3.60. The molecular formula is C17H18N4O3S. The van der Waals surface area contributed by atoms with Gasteiger partial charge in [-0.15, -0.1) is 0 Å². The molecule has 0 amide bonds. The smallest absolute Gasteiger partial charge is 0.179 e. The highest BCUT2D eigenvalue weighted by Crippen LogP contribution is 2.24. The Labute approximate surface area is 145 Å². The zero-order valence-corrected chi connectivity index (χ0v) is 14.6. The Morgan fingerprint density at radius 2 is 2.12 bits per heavy atom. The maximum atomic E-state index is 12.4. The lowest BCUT2D eigenvalue weighted by molar-refractivity contribution is 0.236. The van der Waals surface area contributed by atoms with Crippen LogP contribution in [0.1, 0.15) is 11.3 Å². The number of fused-ring (bicyclic) bond motifs is 1. The van der Waals surface area contributed by atoms with Crippen LogP contribution >= 0.6 is 0 Å². The molecular weight excluding hydrogens is 340 g/mol. The van der Waals surface area contributed by atoms with Crippen LogP contribution in [0.3, 0.4) is 0 Å². The van der Waals surface area contributed by atoms with E-state index in [1.165, 1.54) is 0 Å². The van der Waals surface area contributed by atoms with Crippen molar-refractivity contribution in [3.8, 4) is 11.3 Å². The van der Waals surface area contributed by atoms with Gasteiger partial charge in [0.15, 0.2) is 15.6 Å². The van der Waals surface area contributed by atoms with E-state index in [1.54, 1.807) is 23.0 Å². The van der Waals surface area contributed by atoms with E-state index in [0.717, 1.165) is 16.8 Å². The topological polar surface area (TPSA) is 81.2 Å². The molecule has 3 heterocycles. The van der Waals surface area contributed by atoms with Crippen LogP contribution < -0.4 is 0 Å². The van der Waals surface area contributed by atoms with Crippen molar-refractivity contribution in [2.24, 2.45) is 7.05 Å². The van der Waals surface area contributed by atoms with Gasteiger partial charge < -0.3 is 4.52 Å². The monoisotopic (exact) mass is 358 g/mol. The highest BCUT2D eigenvalue weighted by molar-refractivity contribution is 7.91. The molecule has 0 N–H and O–H groups in total. The lowest BCUT2D eigenvalue weighted by atomic mass is 10.2. The van der Waals surface area contributed by atoms with Crippen LogP contribution in [0, 0.1) is 0 Å². The Kier molecular flexibility index (Phi) is 3.93. The Morgan fingerprint density at radius 3 is 2.92 bits per heavy atom. The van der Waals surface area contributed by atoms with Crippen LogP contribution in [0.4, 0.5) is 0 Å². The largest absolute Gasteiger partial charge is 0.359 e. The first-order chi connectivity index (χ1) is 12.0. The molecule has 0 aliphatic carbocycles. The highest BCUT2D eigenvalue weighted by atomic mass is 32.2. The van der Waals surface area contributed by atoms with Crippen molar-refractivity contribution in [2.75, 3.05) is 12.3 Å². The number of benzene rings is 1. The summed E-state index contributed by atoms with van der Waals surface area (Å²) in [4.78, 5) is 2.50. The van der Waals surface area contributed by atoms with Crippen LogP contribution in [0.5, 0.6) is 0 Å². The molecule has 130 valence electrons. The molecule has 0 radical (unpaired) electrons. The lowest BCUT2D eigenvalue weighted by Crippen LogP contribution is -2.25. The molecule has 1 aliphatic rings. The van der Waals surface area contributed by atoms with Crippen LogP contribution in [0.2, 0.25) is 0 Å². The van der Waals surface area contributed by atoms with Gasteiger partial charge in [-0.25, -0.2) is 8.42 Å². The third kappa shape index (κ3) is 3.22. The third-order valence-electron chi connectivity index (χ3n) is 4.32. The van der Waals surface area contributed by atoms with E-state index >= 15 is 0 Å². The minimum absolute atomic E-state index is 0.105. The molecule has 0 spiro atoms. The van der Waals surface area contributed by atoms with E-state index in [9.17, 15) is 8.42 Å². The van der Waals surface area contributed by atoms with E-state index in [0.29, 0.717) is 30.3 Å². The molecule has 4 rings (SSSR count). The van der Waals surface area contributed by atoms with Crippen molar-refractivity contribution >= 4 is 9.84 Å². The van der Waals surface area contributed by atoms with E-state index < -0.39 is 9.84 Å². The molecule has 25 heavy (non-hydrogen) atoms. The number of aromatic nitrogens is 3. The van der Waals surface area contributed by atoms with Gasteiger partial charge in [0.2, 0.25) is 0 Å². The number of nitrogens with zero attached hydrogens (tertiary/aromatic N) is 4. The number of hydrogen-bond donors (Lipinski definition) is 0. The maximum Gasteiger partial charge on any atom is 0.179 e. The Morgan fingerprint density at radius 1 is 1.28 bits per heavy atom. The predicted molar refractivity (Wildman–Crippen MR) is 91.3 cm³/mol. The minimum Gasteiger partial charge on any atom is -0.359 e. The number of aryl methyl sites for hydroxylation is 1. The summed E-state index contributed by atoms with van der Waals surface area (Å²) in [5.74, 6) is 0.809. The molecule has 0 saturated carbocycles. The molecule has 2 aromatic heterocycles. The van der Waals surface area contributed by atoms with Gasteiger partial charge in [-0.05, 0) is 11.6 Å². The Hall–Kier alpha value is -2.45. The summed E-state index contributed by atoms with van der Waals surface area (Å²) in [5.41, 5.74) is 2.44. The van der Waals surface area contributed by atoms with Crippen LogP contribution in [-0.4, -0.2) is 40.6 Å². The molecule has 0 atom stereocenters. The maximum absolute atomic E-state index is 12.4. The first-order valence-electron chi connectivity index (χ1n) is 7.99. The summed E-state index contributed by atoms with van der Waals surface area (Å²) in [5, 5.41) is 8.22. The zero-order valence-electron chi connectivity index (χ0n) is 13.8. The minimum atomic E-state index is -3.24.